The number of phosphoric ester groups is 1. The smallest absolute Gasteiger partial charge is 0.458 e. The molecule has 0 aromatic rings. The molecule has 0 aromatic heterocycles. The first kappa shape index (κ1) is 38.0. The van der Waals surface area contributed by atoms with E-state index in [-0.39, 0.29) is 19.8 Å². The van der Waals surface area contributed by atoms with Crippen molar-refractivity contribution in [1.82, 2.24) is 0 Å². The summed E-state index contributed by atoms with van der Waals surface area (Å²) in [6, 6.07) is 0. The van der Waals surface area contributed by atoms with E-state index in [1.165, 1.54) is 77.6 Å². The minimum absolute atomic E-state index is 0.0840. The molecule has 0 bridgehead atoms. The molecule has 230 valence electrons. The van der Waals surface area contributed by atoms with Crippen LogP contribution in [-0.4, -0.2) is 75.6 Å². The van der Waals surface area contributed by atoms with Crippen molar-refractivity contribution in [3.8, 4) is 0 Å². The molecule has 39 heavy (non-hydrogen) atoms. The first-order valence-electron chi connectivity index (χ1n) is 15.0. The Labute approximate surface area is 239 Å². The summed E-state index contributed by atoms with van der Waals surface area (Å²) in [6.07, 6.45) is 25.4. The van der Waals surface area contributed by atoms with Gasteiger partial charge < -0.3 is 18.9 Å². The Morgan fingerprint density at radius 1 is 0.795 bits per heavy atom. The number of unbranched alkanes of at least 4 members (excludes halogenated alkanes) is 11. The van der Waals surface area contributed by atoms with Crippen LogP contribution in [0.5, 0.6) is 0 Å². The van der Waals surface area contributed by atoms with Crippen molar-refractivity contribution < 1.29 is 37.3 Å². The SMILES string of the molecule is CCCCC/C=C\C/C=C\CCCCCCCCCCOCC(COP(=O)(O)OCC[N+](C)(C)C)OC(C)=O. The molecule has 0 fully saturated rings. The molecule has 0 aromatic carbocycles. The van der Waals surface area contributed by atoms with Crippen molar-refractivity contribution in [3.05, 3.63) is 24.3 Å². The second kappa shape index (κ2) is 24.8. The summed E-state index contributed by atoms with van der Waals surface area (Å²) in [5.41, 5.74) is 0. The third-order valence-electron chi connectivity index (χ3n) is 6.07. The van der Waals surface area contributed by atoms with Crippen LogP contribution in [0.25, 0.3) is 0 Å². The number of phosphoric acid groups is 1. The molecule has 0 rings (SSSR count). The van der Waals surface area contributed by atoms with Crippen molar-refractivity contribution >= 4 is 13.8 Å². The van der Waals surface area contributed by atoms with Crippen LogP contribution in [0.2, 0.25) is 0 Å². The molecule has 1 N–H and O–H groups in total. The Bertz CT molecular complexity index is 691. The lowest BCUT2D eigenvalue weighted by molar-refractivity contribution is -0.870. The molecule has 0 aliphatic rings. The standard InChI is InChI=1S/C30H58NO7P/c1-6-7-8-9-10-11-12-13-14-15-16-17-18-19-20-21-22-23-25-35-27-30(38-29(2)32)28-37-39(33,34)36-26-24-31(3,4)5/h10-11,13-14,30H,6-9,12,15-28H2,1-5H3/p+1/b11-10-,14-13-. The third kappa shape index (κ3) is 29.8. The van der Waals surface area contributed by atoms with Crippen LogP contribution in [0.1, 0.15) is 104 Å². The summed E-state index contributed by atoms with van der Waals surface area (Å²) < 4.78 is 33.5. The van der Waals surface area contributed by atoms with Gasteiger partial charge >= 0.3 is 13.8 Å². The van der Waals surface area contributed by atoms with Gasteiger partial charge in [-0.3, -0.25) is 13.8 Å². The van der Waals surface area contributed by atoms with Crippen molar-refractivity contribution in [2.24, 2.45) is 0 Å². The van der Waals surface area contributed by atoms with Crippen molar-refractivity contribution in [2.45, 2.75) is 110 Å². The molecule has 0 saturated carbocycles. The second-order valence-corrected chi connectivity index (χ2v) is 12.7. The lowest BCUT2D eigenvalue weighted by Gasteiger charge is -2.24. The lowest BCUT2D eigenvalue weighted by atomic mass is 10.1. The molecule has 0 saturated heterocycles. The number of nitrogens with zero attached hydrogens (tertiary/aromatic N) is 1. The third-order valence-corrected chi connectivity index (χ3v) is 7.05. The highest BCUT2D eigenvalue weighted by Crippen LogP contribution is 2.43. The van der Waals surface area contributed by atoms with Gasteiger partial charge in [0.25, 0.3) is 0 Å². The van der Waals surface area contributed by atoms with E-state index in [0.29, 0.717) is 17.6 Å². The largest absolute Gasteiger partial charge is 0.472 e. The quantitative estimate of drug-likeness (QED) is 0.0359. The average molecular weight is 577 g/mol. The summed E-state index contributed by atoms with van der Waals surface area (Å²) >= 11 is 0. The molecular weight excluding hydrogens is 517 g/mol. The molecule has 2 atom stereocenters. The zero-order chi connectivity index (χ0) is 29.2. The predicted octanol–water partition coefficient (Wildman–Crippen LogP) is 7.37. The molecule has 0 aliphatic heterocycles. The highest BCUT2D eigenvalue weighted by atomic mass is 31.2. The first-order chi connectivity index (χ1) is 18.6. The van der Waals surface area contributed by atoms with Crippen LogP contribution in [0.4, 0.5) is 0 Å². The Balaban J connectivity index is 3.75. The summed E-state index contributed by atoms with van der Waals surface area (Å²) in [5.74, 6) is -0.493. The number of quaternary nitrogens is 1. The van der Waals surface area contributed by atoms with Crippen molar-refractivity contribution in [2.75, 3.05) is 54.1 Å². The van der Waals surface area contributed by atoms with Gasteiger partial charge in [-0.05, 0) is 38.5 Å². The number of carbonyl (C=O) groups excluding carboxylic acids is 1. The number of allylic oxidation sites excluding steroid dienone is 4. The molecule has 9 heteroatoms. The zero-order valence-corrected chi connectivity index (χ0v) is 26.5. The van der Waals surface area contributed by atoms with Gasteiger partial charge in [-0.1, -0.05) is 82.6 Å². The Hall–Kier alpha value is -1.02. The topological polar surface area (TPSA) is 91.3 Å². The fourth-order valence-electron chi connectivity index (χ4n) is 3.76. The number of carbonyl (C=O) groups is 1. The van der Waals surface area contributed by atoms with Crippen molar-refractivity contribution in [3.63, 3.8) is 0 Å². The van der Waals surface area contributed by atoms with Crippen LogP contribution < -0.4 is 0 Å². The number of hydrogen-bond acceptors (Lipinski definition) is 6. The van der Waals surface area contributed by atoms with Gasteiger partial charge in [0.1, 0.15) is 19.3 Å². The maximum absolute atomic E-state index is 12.1. The molecule has 8 nitrogen and oxygen atoms in total. The summed E-state index contributed by atoms with van der Waals surface area (Å²) in [5, 5.41) is 0. The van der Waals surface area contributed by atoms with Gasteiger partial charge in [0.05, 0.1) is 34.4 Å². The molecule has 2 unspecified atom stereocenters. The Kier molecular flexibility index (Phi) is 24.1. The minimum Gasteiger partial charge on any atom is -0.458 e. The summed E-state index contributed by atoms with van der Waals surface area (Å²) in [4.78, 5) is 21.2. The van der Waals surface area contributed by atoms with E-state index in [2.05, 4.69) is 31.2 Å². The fourth-order valence-corrected chi connectivity index (χ4v) is 4.50. The number of ether oxygens (including phenoxy) is 2. The maximum Gasteiger partial charge on any atom is 0.472 e. The van der Waals surface area contributed by atoms with Crippen LogP contribution in [0.3, 0.4) is 0 Å². The van der Waals surface area contributed by atoms with Gasteiger partial charge in [0, 0.05) is 13.5 Å². The normalized spacial score (nSPS) is 14.7. The molecule has 0 spiro atoms. The maximum atomic E-state index is 12.1. The van der Waals surface area contributed by atoms with E-state index in [0.717, 1.165) is 19.3 Å². The molecule has 0 aliphatic carbocycles. The van der Waals surface area contributed by atoms with Gasteiger partial charge in [-0.25, -0.2) is 4.57 Å². The van der Waals surface area contributed by atoms with Crippen molar-refractivity contribution in [1.29, 1.82) is 0 Å². The van der Waals surface area contributed by atoms with Crippen LogP contribution in [-0.2, 0) is 27.9 Å². The number of hydrogen-bond donors (Lipinski definition) is 1. The van der Waals surface area contributed by atoms with E-state index in [1.807, 2.05) is 21.1 Å². The average Bonchev–Trinajstić information content (AvgIpc) is 2.84. The summed E-state index contributed by atoms with van der Waals surface area (Å²) in [7, 11) is 1.65. The van der Waals surface area contributed by atoms with E-state index < -0.39 is 19.9 Å². The van der Waals surface area contributed by atoms with Gasteiger partial charge in [-0.2, -0.15) is 0 Å². The molecule has 0 heterocycles. The zero-order valence-electron chi connectivity index (χ0n) is 25.6. The fraction of sp³-hybridized carbons (Fsp3) is 0.833. The van der Waals surface area contributed by atoms with E-state index in [1.54, 1.807) is 0 Å². The lowest BCUT2D eigenvalue weighted by Crippen LogP contribution is -2.37. The highest BCUT2D eigenvalue weighted by Gasteiger charge is 2.25. The van der Waals surface area contributed by atoms with Crippen LogP contribution in [0.15, 0.2) is 24.3 Å². The minimum atomic E-state index is -4.22. The second-order valence-electron chi connectivity index (χ2n) is 11.2. The highest BCUT2D eigenvalue weighted by molar-refractivity contribution is 7.47. The Morgan fingerprint density at radius 2 is 1.36 bits per heavy atom. The molecular formula is C30H59NO7P+. The Morgan fingerprint density at radius 3 is 1.92 bits per heavy atom. The number of likely N-dealkylation sites (N-methyl/N-ethyl adjacent to an activating group) is 1. The van der Waals surface area contributed by atoms with Crippen LogP contribution >= 0.6 is 7.82 Å². The predicted molar refractivity (Wildman–Crippen MR) is 160 cm³/mol. The van der Waals surface area contributed by atoms with Gasteiger partial charge in [0.15, 0.2) is 0 Å². The molecule has 0 radical (unpaired) electrons. The molecule has 0 amide bonds. The van der Waals surface area contributed by atoms with Gasteiger partial charge in [-0.15, -0.1) is 0 Å². The van der Waals surface area contributed by atoms with E-state index >= 15 is 0 Å². The van der Waals surface area contributed by atoms with E-state index in [9.17, 15) is 14.3 Å². The number of esters is 1. The summed E-state index contributed by atoms with van der Waals surface area (Å²) in [6.45, 7) is 4.57. The van der Waals surface area contributed by atoms with Gasteiger partial charge in [0.2, 0.25) is 0 Å². The number of rotatable bonds is 27. The monoisotopic (exact) mass is 576 g/mol. The van der Waals surface area contributed by atoms with E-state index in [4.69, 9.17) is 18.5 Å². The van der Waals surface area contributed by atoms with Crippen LogP contribution in [0, 0.1) is 0 Å². The first-order valence-corrected chi connectivity index (χ1v) is 16.5.